The number of rotatable bonds is 1. The molecular weight excluding hydrogens is 148 g/mol. The summed E-state index contributed by atoms with van der Waals surface area (Å²) in [6, 6.07) is 5.43. The van der Waals surface area contributed by atoms with E-state index in [1.165, 1.54) is 0 Å². The van der Waals surface area contributed by atoms with Gasteiger partial charge in [0.15, 0.2) is 0 Å². The third kappa shape index (κ3) is 1.60. The smallest absolute Gasteiger partial charge is 0.131 e. The van der Waals surface area contributed by atoms with Crippen molar-refractivity contribution in [2.75, 3.05) is 0 Å². The zero-order valence-corrected chi connectivity index (χ0v) is 7.33. The van der Waals surface area contributed by atoms with Gasteiger partial charge in [-0.1, -0.05) is 25.8 Å². The quantitative estimate of drug-likeness (QED) is 0.626. The van der Waals surface area contributed by atoms with Crippen molar-refractivity contribution in [1.82, 2.24) is 0 Å². The zero-order valence-electron chi connectivity index (χ0n) is 7.33. The molecule has 1 aromatic carbocycles. The van der Waals surface area contributed by atoms with Crippen LogP contribution in [0.25, 0.3) is 0 Å². The predicted molar refractivity (Wildman–Crippen MR) is 50.1 cm³/mol. The summed E-state index contributed by atoms with van der Waals surface area (Å²) >= 11 is 0. The molecule has 0 unspecified atom stereocenters. The average molecular weight is 160 g/mol. The molecule has 0 aliphatic carbocycles. The molecule has 0 atom stereocenters. The Morgan fingerprint density at radius 3 is 2.50 bits per heavy atom. The maximum Gasteiger partial charge on any atom is 0.131 e. The summed E-state index contributed by atoms with van der Waals surface area (Å²) in [6.45, 7) is 4.15. The van der Waals surface area contributed by atoms with Crippen LogP contribution in [0, 0.1) is 12.3 Å². The van der Waals surface area contributed by atoms with Crippen LogP contribution < -0.4 is 0 Å². The minimum Gasteiger partial charge on any atom is -0.507 e. The Bertz CT molecular complexity index is 318. The highest BCUT2D eigenvalue weighted by molar-refractivity contribution is 5.46. The maximum atomic E-state index is 9.40. The molecule has 1 nitrogen and oxygen atoms in total. The minimum absolute atomic E-state index is 0.198. The van der Waals surface area contributed by atoms with Crippen LogP contribution in [-0.4, -0.2) is 5.11 Å². The van der Waals surface area contributed by atoms with Gasteiger partial charge < -0.3 is 5.11 Å². The van der Waals surface area contributed by atoms with Crippen LogP contribution in [0.3, 0.4) is 0 Å². The summed E-state index contributed by atoms with van der Waals surface area (Å²) in [5.74, 6) is 3.03. The van der Waals surface area contributed by atoms with Crippen molar-refractivity contribution in [1.29, 1.82) is 0 Å². The Morgan fingerprint density at radius 1 is 1.42 bits per heavy atom. The lowest BCUT2D eigenvalue weighted by Gasteiger charge is -2.05. The van der Waals surface area contributed by atoms with Crippen molar-refractivity contribution < 1.29 is 5.11 Å². The Kier molecular flexibility index (Phi) is 2.40. The molecule has 0 amide bonds. The molecule has 0 heterocycles. The summed E-state index contributed by atoms with van der Waals surface area (Å²) in [4.78, 5) is 0. The molecular formula is C11H12O. The van der Waals surface area contributed by atoms with E-state index < -0.39 is 0 Å². The third-order valence-corrected chi connectivity index (χ3v) is 1.84. The Hall–Kier alpha value is -1.42. The lowest BCUT2D eigenvalue weighted by Crippen LogP contribution is -1.87. The highest BCUT2D eigenvalue weighted by Gasteiger charge is 2.02. The Balaban J connectivity index is 3.12. The van der Waals surface area contributed by atoms with E-state index in [1.807, 2.05) is 6.07 Å². The van der Waals surface area contributed by atoms with Crippen molar-refractivity contribution in [3.63, 3.8) is 0 Å². The first kappa shape index (κ1) is 8.67. The van der Waals surface area contributed by atoms with Crippen molar-refractivity contribution >= 4 is 0 Å². The number of benzene rings is 1. The number of terminal acetylenes is 1. The van der Waals surface area contributed by atoms with Crippen LogP contribution in [-0.2, 0) is 0 Å². The number of phenolic OH excluding ortho intramolecular Hbond substituents is 1. The highest BCUT2D eigenvalue weighted by atomic mass is 16.3. The van der Waals surface area contributed by atoms with Crippen molar-refractivity contribution in [3.8, 4) is 18.1 Å². The second-order valence-corrected chi connectivity index (χ2v) is 3.08. The summed E-state index contributed by atoms with van der Waals surface area (Å²) in [5.41, 5.74) is 1.66. The number of phenols is 1. The average Bonchev–Trinajstić information content (AvgIpc) is 2.04. The molecule has 1 rings (SSSR count). The van der Waals surface area contributed by atoms with Gasteiger partial charge in [-0.3, -0.25) is 0 Å². The molecule has 0 bridgehead atoms. The monoisotopic (exact) mass is 160 g/mol. The van der Waals surface area contributed by atoms with Crippen LogP contribution in [0.5, 0.6) is 5.75 Å². The van der Waals surface area contributed by atoms with Gasteiger partial charge in [-0.05, 0) is 23.6 Å². The zero-order chi connectivity index (χ0) is 9.14. The molecule has 0 aliphatic rings. The van der Waals surface area contributed by atoms with Crippen LogP contribution in [0.15, 0.2) is 18.2 Å². The van der Waals surface area contributed by atoms with Gasteiger partial charge in [0.05, 0.1) is 5.56 Å². The van der Waals surface area contributed by atoms with E-state index in [1.54, 1.807) is 12.1 Å². The molecule has 0 aliphatic heterocycles. The highest BCUT2D eigenvalue weighted by Crippen LogP contribution is 2.22. The molecule has 0 fully saturated rings. The summed E-state index contributed by atoms with van der Waals surface area (Å²) in [7, 11) is 0. The Morgan fingerprint density at radius 2 is 2.08 bits per heavy atom. The maximum absolute atomic E-state index is 9.40. The lowest BCUT2D eigenvalue weighted by molar-refractivity contribution is 0.472. The second kappa shape index (κ2) is 3.32. The normalized spacial score (nSPS) is 9.83. The molecule has 12 heavy (non-hydrogen) atoms. The van der Waals surface area contributed by atoms with E-state index in [0.29, 0.717) is 11.5 Å². The minimum atomic E-state index is 0.198. The molecule has 1 N–H and O–H groups in total. The van der Waals surface area contributed by atoms with E-state index in [0.717, 1.165) is 5.56 Å². The first-order chi connectivity index (χ1) is 5.65. The molecule has 0 saturated heterocycles. The van der Waals surface area contributed by atoms with Gasteiger partial charge >= 0.3 is 0 Å². The van der Waals surface area contributed by atoms with E-state index in [4.69, 9.17) is 6.42 Å². The van der Waals surface area contributed by atoms with Gasteiger partial charge in [-0.25, -0.2) is 0 Å². The number of hydrogen-bond donors (Lipinski definition) is 1. The SMILES string of the molecule is C#Cc1ccc(C(C)C)cc1O. The van der Waals surface area contributed by atoms with Gasteiger partial charge in [-0.2, -0.15) is 0 Å². The van der Waals surface area contributed by atoms with Crippen LogP contribution >= 0.6 is 0 Å². The lowest BCUT2D eigenvalue weighted by atomic mass is 10.0. The van der Waals surface area contributed by atoms with Gasteiger partial charge in [0.2, 0.25) is 0 Å². The fourth-order valence-electron chi connectivity index (χ4n) is 1.03. The van der Waals surface area contributed by atoms with E-state index in [2.05, 4.69) is 19.8 Å². The van der Waals surface area contributed by atoms with Gasteiger partial charge in [-0.15, -0.1) is 6.42 Å². The molecule has 62 valence electrons. The van der Waals surface area contributed by atoms with Crippen molar-refractivity contribution in [2.45, 2.75) is 19.8 Å². The standard InChI is InChI=1S/C11H12O/c1-4-9-5-6-10(8(2)3)7-11(9)12/h1,5-8,12H,2-3H3. The van der Waals surface area contributed by atoms with Crippen LogP contribution in [0.1, 0.15) is 30.9 Å². The van der Waals surface area contributed by atoms with E-state index in [-0.39, 0.29) is 5.75 Å². The third-order valence-electron chi connectivity index (χ3n) is 1.84. The Labute approximate surface area is 73.0 Å². The van der Waals surface area contributed by atoms with Gasteiger partial charge in [0.1, 0.15) is 5.75 Å². The van der Waals surface area contributed by atoms with Gasteiger partial charge in [0, 0.05) is 0 Å². The van der Waals surface area contributed by atoms with Gasteiger partial charge in [0.25, 0.3) is 0 Å². The largest absolute Gasteiger partial charge is 0.507 e. The van der Waals surface area contributed by atoms with E-state index in [9.17, 15) is 5.11 Å². The fourth-order valence-corrected chi connectivity index (χ4v) is 1.03. The summed E-state index contributed by atoms with van der Waals surface area (Å²) in [6.07, 6.45) is 5.17. The number of hydrogen-bond acceptors (Lipinski definition) is 1. The first-order valence-corrected chi connectivity index (χ1v) is 3.94. The number of aromatic hydroxyl groups is 1. The molecule has 0 radical (unpaired) electrons. The summed E-state index contributed by atoms with van der Waals surface area (Å²) in [5, 5.41) is 9.40. The first-order valence-electron chi connectivity index (χ1n) is 3.94. The van der Waals surface area contributed by atoms with Crippen molar-refractivity contribution in [3.05, 3.63) is 29.3 Å². The second-order valence-electron chi connectivity index (χ2n) is 3.08. The van der Waals surface area contributed by atoms with Crippen LogP contribution in [0.2, 0.25) is 0 Å². The summed E-state index contributed by atoms with van der Waals surface area (Å²) < 4.78 is 0. The molecule has 1 heteroatoms. The molecule has 1 aromatic rings. The molecule has 0 aromatic heterocycles. The fraction of sp³-hybridized carbons (Fsp3) is 0.273. The topological polar surface area (TPSA) is 20.2 Å². The molecule has 0 spiro atoms. The van der Waals surface area contributed by atoms with Crippen molar-refractivity contribution in [2.24, 2.45) is 0 Å². The predicted octanol–water partition coefficient (Wildman–Crippen LogP) is 2.50. The molecule has 0 saturated carbocycles. The van der Waals surface area contributed by atoms with Crippen LogP contribution in [0.4, 0.5) is 0 Å². The van der Waals surface area contributed by atoms with E-state index >= 15 is 0 Å².